The van der Waals surface area contributed by atoms with Crippen LogP contribution in [-0.2, 0) is 19.5 Å². The van der Waals surface area contributed by atoms with Crippen molar-refractivity contribution in [1.29, 1.82) is 0 Å². The lowest BCUT2D eigenvalue weighted by Gasteiger charge is -2.28. The molecule has 3 aromatic heterocycles. The number of aromatic amines is 1. The number of halogens is 1. The molecule has 0 saturated heterocycles. The fraction of sp³-hybridized carbons (Fsp3) is 0.174. The first-order valence-electron chi connectivity index (χ1n) is 9.96. The Bertz CT molecular complexity index is 1290. The summed E-state index contributed by atoms with van der Waals surface area (Å²) in [5, 5.41) is 0. The molecule has 0 fully saturated rings. The quantitative estimate of drug-likeness (QED) is 0.485. The summed E-state index contributed by atoms with van der Waals surface area (Å²) in [5.74, 6) is 0.516. The molecule has 1 aliphatic heterocycles. The monoisotopic (exact) mass is 474 g/mol. The molecule has 1 aromatic carbocycles. The van der Waals surface area contributed by atoms with Gasteiger partial charge in [-0.15, -0.1) is 0 Å². The maximum absolute atomic E-state index is 12.8. The maximum Gasteiger partial charge on any atom is 0.255 e. The Morgan fingerprint density at radius 3 is 2.77 bits per heavy atom. The number of pyridine rings is 1. The summed E-state index contributed by atoms with van der Waals surface area (Å²) in [6.45, 7) is 2.08. The Labute approximate surface area is 187 Å². The van der Waals surface area contributed by atoms with Crippen molar-refractivity contribution in [3.8, 4) is 22.5 Å². The predicted octanol–water partition coefficient (Wildman–Crippen LogP) is 3.61. The molecule has 0 atom stereocenters. The topological polar surface area (TPSA) is 87.7 Å². The minimum absolute atomic E-state index is 0.105. The van der Waals surface area contributed by atoms with Gasteiger partial charge in [-0.05, 0) is 34.9 Å². The van der Waals surface area contributed by atoms with Gasteiger partial charge in [0, 0.05) is 55.3 Å². The van der Waals surface area contributed by atoms with Gasteiger partial charge in [0.15, 0.2) is 0 Å². The van der Waals surface area contributed by atoms with Crippen molar-refractivity contribution in [2.24, 2.45) is 0 Å². The van der Waals surface area contributed by atoms with E-state index >= 15 is 0 Å². The largest absolute Gasteiger partial charge is 0.306 e. The number of benzene rings is 1. The number of nitrogens with one attached hydrogen (secondary N) is 1. The predicted molar refractivity (Wildman–Crippen MR) is 121 cm³/mol. The van der Waals surface area contributed by atoms with E-state index < -0.39 is 0 Å². The van der Waals surface area contributed by atoms with Crippen LogP contribution in [0.15, 0.2) is 70.7 Å². The van der Waals surface area contributed by atoms with E-state index in [-0.39, 0.29) is 5.56 Å². The second kappa shape index (κ2) is 8.49. The summed E-state index contributed by atoms with van der Waals surface area (Å²) in [6.07, 6.45) is 9.20. The number of H-pyrrole nitrogens is 1. The molecule has 4 heterocycles. The van der Waals surface area contributed by atoms with Crippen molar-refractivity contribution in [2.75, 3.05) is 6.54 Å². The SMILES string of the molecule is O=c1[nH]c(-c2cncnc2)nc2c1CN(Cc1cnccc1-c1cccc(Br)c1)CC2. The summed E-state index contributed by atoms with van der Waals surface area (Å²) < 4.78 is 1.04. The molecule has 0 amide bonds. The number of hydrogen-bond acceptors (Lipinski definition) is 6. The van der Waals surface area contributed by atoms with Crippen molar-refractivity contribution >= 4 is 15.9 Å². The van der Waals surface area contributed by atoms with Crippen molar-refractivity contribution in [2.45, 2.75) is 19.5 Å². The number of rotatable bonds is 4. The lowest BCUT2D eigenvalue weighted by Crippen LogP contribution is -2.35. The van der Waals surface area contributed by atoms with Gasteiger partial charge in [0.05, 0.1) is 16.8 Å². The van der Waals surface area contributed by atoms with Gasteiger partial charge in [0.25, 0.3) is 5.56 Å². The second-order valence-electron chi connectivity index (χ2n) is 7.47. The lowest BCUT2D eigenvalue weighted by molar-refractivity contribution is 0.242. The van der Waals surface area contributed by atoms with Crippen LogP contribution in [0.3, 0.4) is 0 Å². The molecule has 0 saturated carbocycles. The average molecular weight is 475 g/mol. The van der Waals surface area contributed by atoms with E-state index in [2.05, 4.69) is 57.9 Å². The minimum Gasteiger partial charge on any atom is -0.306 e. The number of hydrogen-bond donors (Lipinski definition) is 1. The molecule has 0 aliphatic carbocycles. The molecule has 8 heteroatoms. The van der Waals surface area contributed by atoms with Gasteiger partial charge >= 0.3 is 0 Å². The Kier molecular flexibility index (Phi) is 5.40. The van der Waals surface area contributed by atoms with E-state index in [9.17, 15) is 4.79 Å². The van der Waals surface area contributed by atoms with E-state index in [4.69, 9.17) is 0 Å². The average Bonchev–Trinajstić information content (AvgIpc) is 2.80. The van der Waals surface area contributed by atoms with Crippen LogP contribution < -0.4 is 5.56 Å². The fourth-order valence-corrected chi connectivity index (χ4v) is 4.30. The molecule has 31 heavy (non-hydrogen) atoms. The van der Waals surface area contributed by atoms with Crippen LogP contribution in [0, 0.1) is 0 Å². The van der Waals surface area contributed by atoms with Crippen molar-refractivity contribution < 1.29 is 0 Å². The van der Waals surface area contributed by atoms with Crippen LogP contribution in [0.2, 0.25) is 0 Å². The van der Waals surface area contributed by atoms with Gasteiger partial charge in [0.1, 0.15) is 12.2 Å². The highest BCUT2D eigenvalue weighted by atomic mass is 79.9. The first-order chi connectivity index (χ1) is 15.2. The third-order valence-electron chi connectivity index (χ3n) is 5.41. The van der Waals surface area contributed by atoms with Crippen LogP contribution in [0.4, 0.5) is 0 Å². The molecule has 0 spiro atoms. The molecule has 154 valence electrons. The zero-order valence-corrected chi connectivity index (χ0v) is 18.2. The molecule has 1 N–H and O–H groups in total. The summed E-state index contributed by atoms with van der Waals surface area (Å²) in [6, 6.07) is 10.3. The minimum atomic E-state index is -0.105. The van der Waals surface area contributed by atoms with E-state index in [1.54, 1.807) is 12.4 Å². The van der Waals surface area contributed by atoms with Crippen LogP contribution >= 0.6 is 15.9 Å². The fourth-order valence-electron chi connectivity index (χ4n) is 3.91. The van der Waals surface area contributed by atoms with Crippen LogP contribution in [0.5, 0.6) is 0 Å². The summed E-state index contributed by atoms with van der Waals surface area (Å²) in [4.78, 5) is 35.0. The van der Waals surface area contributed by atoms with Crippen LogP contribution in [-0.4, -0.2) is 36.4 Å². The number of nitrogens with zero attached hydrogens (tertiary/aromatic N) is 5. The molecule has 1 aliphatic rings. The lowest BCUT2D eigenvalue weighted by atomic mass is 10.00. The van der Waals surface area contributed by atoms with E-state index in [1.807, 2.05) is 30.6 Å². The molecule has 5 rings (SSSR count). The van der Waals surface area contributed by atoms with Gasteiger partial charge in [-0.25, -0.2) is 15.0 Å². The molecule has 0 bridgehead atoms. The van der Waals surface area contributed by atoms with Gasteiger partial charge in [-0.2, -0.15) is 0 Å². The summed E-state index contributed by atoms with van der Waals surface area (Å²) in [7, 11) is 0. The maximum atomic E-state index is 12.8. The highest BCUT2D eigenvalue weighted by molar-refractivity contribution is 9.10. The molecular weight excluding hydrogens is 456 g/mol. The molecule has 7 nitrogen and oxygen atoms in total. The molecule has 4 aromatic rings. The highest BCUT2D eigenvalue weighted by Crippen LogP contribution is 2.28. The summed E-state index contributed by atoms with van der Waals surface area (Å²) >= 11 is 3.55. The summed E-state index contributed by atoms with van der Waals surface area (Å²) in [5.41, 5.74) is 5.58. The highest BCUT2D eigenvalue weighted by Gasteiger charge is 2.22. The van der Waals surface area contributed by atoms with Gasteiger partial charge in [-0.3, -0.25) is 14.7 Å². The Morgan fingerprint density at radius 2 is 1.94 bits per heavy atom. The molecule has 0 unspecified atom stereocenters. The molecular formula is C23H19BrN6O. The Balaban J connectivity index is 1.41. The standard InChI is InChI=1S/C23H19BrN6O/c24-18-3-1-2-15(8-18)19-4-6-25-11-17(19)12-30-7-5-21-20(13-30)23(31)29-22(28-21)16-9-26-14-27-10-16/h1-4,6,8-11,14H,5,7,12-13H2,(H,28,29,31). The van der Waals surface area contributed by atoms with E-state index in [0.29, 0.717) is 30.9 Å². The first-order valence-corrected chi connectivity index (χ1v) is 10.8. The zero-order chi connectivity index (χ0) is 21.2. The van der Waals surface area contributed by atoms with Crippen LogP contribution in [0.25, 0.3) is 22.5 Å². The van der Waals surface area contributed by atoms with Crippen molar-refractivity contribution in [3.63, 3.8) is 0 Å². The second-order valence-corrected chi connectivity index (χ2v) is 8.39. The first kappa shape index (κ1) is 19.7. The number of fused-ring (bicyclic) bond motifs is 1. The van der Waals surface area contributed by atoms with Crippen molar-refractivity contribution in [3.05, 3.63) is 93.1 Å². The third-order valence-corrected chi connectivity index (χ3v) is 5.91. The zero-order valence-electron chi connectivity index (χ0n) is 16.6. The van der Waals surface area contributed by atoms with Crippen molar-refractivity contribution in [1.82, 2.24) is 29.8 Å². The van der Waals surface area contributed by atoms with E-state index in [0.717, 1.165) is 39.0 Å². The smallest absolute Gasteiger partial charge is 0.255 e. The Hall–Kier alpha value is -3.23. The van der Waals surface area contributed by atoms with Gasteiger partial charge in [-0.1, -0.05) is 28.1 Å². The normalized spacial score (nSPS) is 13.7. The Morgan fingerprint density at radius 1 is 1.06 bits per heavy atom. The van der Waals surface area contributed by atoms with E-state index in [1.165, 1.54) is 6.33 Å². The number of aromatic nitrogens is 5. The molecule has 0 radical (unpaired) electrons. The van der Waals surface area contributed by atoms with Gasteiger partial charge in [0.2, 0.25) is 0 Å². The van der Waals surface area contributed by atoms with Gasteiger partial charge < -0.3 is 4.98 Å². The van der Waals surface area contributed by atoms with Crippen LogP contribution in [0.1, 0.15) is 16.8 Å². The third kappa shape index (κ3) is 4.17.